The number of hydrogen-bond donors (Lipinski definition) is 1. The van der Waals surface area contributed by atoms with Crippen LogP contribution in [-0.2, 0) is 27.3 Å². The molecule has 8 heteroatoms. The molecule has 0 aliphatic carbocycles. The summed E-state index contributed by atoms with van der Waals surface area (Å²) in [6, 6.07) is 24.0. The Morgan fingerprint density at radius 1 is 1.00 bits per heavy atom. The van der Waals surface area contributed by atoms with Gasteiger partial charge in [-0.3, -0.25) is 14.2 Å². The lowest BCUT2D eigenvalue weighted by atomic mass is 9.99. The summed E-state index contributed by atoms with van der Waals surface area (Å²) in [7, 11) is 0. The van der Waals surface area contributed by atoms with Gasteiger partial charge in [0.1, 0.15) is 0 Å². The van der Waals surface area contributed by atoms with Gasteiger partial charge >= 0.3 is 11.7 Å². The molecule has 1 unspecified atom stereocenters. The summed E-state index contributed by atoms with van der Waals surface area (Å²) in [5, 5.41) is 3.39. The number of nitrogens with one attached hydrogen (secondary N) is 1. The van der Waals surface area contributed by atoms with Gasteiger partial charge in [-0.05, 0) is 29.7 Å². The summed E-state index contributed by atoms with van der Waals surface area (Å²) >= 11 is 5.92. The minimum Gasteiger partial charge on any atom is -0.456 e. The molecule has 1 heterocycles. The molecule has 0 bridgehead atoms. The van der Waals surface area contributed by atoms with Crippen molar-refractivity contribution in [3.8, 4) is 0 Å². The highest BCUT2D eigenvalue weighted by Gasteiger charge is 2.17. The van der Waals surface area contributed by atoms with Gasteiger partial charge in [0.2, 0.25) is 0 Å². The van der Waals surface area contributed by atoms with E-state index in [2.05, 4.69) is 5.32 Å². The van der Waals surface area contributed by atoms with Crippen LogP contribution in [0, 0.1) is 0 Å². The Kier molecular flexibility index (Phi) is 7.44. The number of halogens is 1. The molecule has 0 fully saturated rings. The molecule has 0 saturated carbocycles. The van der Waals surface area contributed by atoms with Crippen LogP contribution in [0.15, 0.2) is 88.1 Å². The molecule has 0 saturated heterocycles. The van der Waals surface area contributed by atoms with Crippen molar-refractivity contribution in [1.29, 1.82) is 0 Å². The van der Waals surface area contributed by atoms with Crippen LogP contribution in [0.2, 0.25) is 5.02 Å². The van der Waals surface area contributed by atoms with Gasteiger partial charge in [0.15, 0.2) is 12.2 Å². The number of hydrogen-bond acceptors (Lipinski definition) is 5. The lowest BCUT2D eigenvalue weighted by Crippen LogP contribution is -2.33. The topological polar surface area (TPSA) is 90.5 Å². The van der Waals surface area contributed by atoms with E-state index in [4.69, 9.17) is 20.8 Å². The van der Waals surface area contributed by atoms with Gasteiger partial charge in [0, 0.05) is 17.6 Å². The molecule has 174 valence electrons. The molecule has 4 rings (SSSR count). The summed E-state index contributed by atoms with van der Waals surface area (Å²) in [5.74, 6) is -1.59. The van der Waals surface area contributed by atoms with Crippen molar-refractivity contribution < 1.29 is 18.7 Å². The maximum atomic E-state index is 12.5. The Balaban J connectivity index is 1.33. The molecule has 1 atom stereocenters. The van der Waals surface area contributed by atoms with Crippen LogP contribution < -0.4 is 11.1 Å². The number of rotatable bonds is 9. The number of aryl methyl sites for hydroxylation is 1. The van der Waals surface area contributed by atoms with E-state index in [0.29, 0.717) is 22.5 Å². The maximum Gasteiger partial charge on any atom is 0.419 e. The van der Waals surface area contributed by atoms with Crippen molar-refractivity contribution in [3.05, 3.63) is 106 Å². The number of carbonyl (C=O) groups excluding carboxylic acids is 2. The first kappa shape index (κ1) is 23.3. The highest BCUT2D eigenvalue weighted by atomic mass is 35.5. The van der Waals surface area contributed by atoms with Gasteiger partial charge in [0.25, 0.3) is 5.91 Å². The molecule has 3 aromatic carbocycles. The zero-order valence-electron chi connectivity index (χ0n) is 18.3. The first-order valence-electron chi connectivity index (χ1n) is 10.8. The number of esters is 1. The van der Waals surface area contributed by atoms with E-state index in [1.165, 1.54) is 10.6 Å². The molecule has 1 amide bonds. The third-order valence-electron chi connectivity index (χ3n) is 5.35. The highest BCUT2D eigenvalue weighted by molar-refractivity contribution is 6.31. The van der Waals surface area contributed by atoms with Crippen LogP contribution in [0.4, 0.5) is 0 Å². The van der Waals surface area contributed by atoms with Crippen LogP contribution in [0.25, 0.3) is 11.1 Å². The van der Waals surface area contributed by atoms with Crippen LogP contribution in [0.5, 0.6) is 0 Å². The highest BCUT2D eigenvalue weighted by Crippen LogP contribution is 2.19. The van der Waals surface area contributed by atoms with Crippen molar-refractivity contribution in [1.82, 2.24) is 9.88 Å². The normalized spacial score (nSPS) is 11.8. The van der Waals surface area contributed by atoms with E-state index in [-0.39, 0.29) is 19.0 Å². The average molecular weight is 479 g/mol. The number of nitrogens with zero attached hydrogens (tertiary/aromatic N) is 1. The fraction of sp³-hybridized carbons (Fsp3) is 0.192. The van der Waals surface area contributed by atoms with Gasteiger partial charge in [-0.15, -0.1) is 0 Å². The van der Waals surface area contributed by atoms with Crippen LogP contribution >= 0.6 is 11.6 Å². The number of fused-ring (bicyclic) bond motifs is 1. The fourth-order valence-corrected chi connectivity index (χ4v) is 3.86. The number of benzene rings is 3. The quantitative estimate of drug-likeness (QED) is 0.362. The molecular weight excluding hydrogens is 456 g/mol. The Hall–Kier alpha value is -3.84. The molecule has 4 aromatic rings. The molecule has 1 N–H and O–H groups in total. The minimum absolute atomic E-state index is 0.0641. The van der Waals surface area contributed by atoms with Gasteiger partial charge in [-0.25, -0.2) is 4.79 Å². The van der Waals surface area contributed by atoms with Gasteiger partial charge < -0.3 is 14.5 Å². The molecule has 1 aromatic heterocycles. The zero-order chi connectivity index (χ0) is 23.9. The third-order valence-corrected chi connectivity index (χ3v) is 5.59. The van der Waals surface area contributed by atoms with Crippen molar-refractivity contribution >= 4 is 34.6 Å². The van der Waals surface area contributed by atoms with Crippen LogP contribution in [-0.4, -0.2) is 23.1 Å². The Morgan fingerprint density at radius 2 is 1.71 bits per heavy atom. The minimum atomic E-state index is -0.593. The van der Waals surface area contributed by atoms with E-state index in [1.54, 1.807) is 12.1 Å². The average Bonchev–Trinajstić information content (AvgIpc) is 3.16. The Labute approximate surface area is 200 Å². The van der Waals surface area contributed by atoms with E-state index in [0.717, 1.165) is 11.1 Å². The smallest absolute Gasteiger partial charge is 0.419 e. The number of amides is 1. The number of ether oxygens (including phenoxy) is 1. The number of aromatic nitrogens is 1. The summed E-state index contributed by atoms with van der Waals surface area (Å²) in [6.07, 6.45) is 0.515. The van der Waals surface area contributed by atoms with Crippen LogP contribution in [0.3, 0.4) is 0 Å². The molecule has 34 heavy (non-hydrogen) atoms. The van der Waals surface area contributed by atoms with Crippen molar-refractivity contribution in [3.63, 3.8) is 0 Å². The second kappa shape index (κ2) is 10.9. The molecule has 0 radical (unpaired) electrons. The first-order chi connectivity index (χ1) is 16.5. The lowest BCUT2D eigenvalue weighted by molar-refractivity contribution is -0.149. The second-order valence-electron chi connectivity index (χ2n) is 7.76. The van der Waals surface area contributed by atoms with Crippen molar-refractivity contribution in [2.24, 2.45) is 0 Å². The third kappa shape index (κ3) is 5.94. The lowest BCUT2D eigenvalue weighted by Gasteiger charge is -2.19. The van der Waals surface area contributed by atoms with Crippen molar-refractivity contribution in [2.45, 2.75) is 25.4 Å². The molecule has 7 nitrogen and oxygen atoms in total. The van der Waals surface area contributed by atoms with Crippen LogP contribution in [0.1, 0.15) is 23.6 Å². The number of carbonyl (C=O) groups is 2. The monoisotopic (exact) mass is 478 g/mol. The standard InChI is InChI=1S/C26H23ClN2O5/c27-20-11-12-22-23(16-20)34-26(32)29(22)14-13-25(31)33-17-24(30)28-21(19-9-5-2-6-10-19)15-18-7-3-1-4-8-18/h1-12,16,21H,13-15,17H2,(H,28,30). The predicted octanol–water partition coefficient (Wildman–Crippen LogP) is 4.28. The summed E-state index contributed by atoms with van der Waals surface area (Å²) in [4.78, 5) is 36.8. The van der Waals surface area contributed by atoms with E-state index in [1.807, 2.05) is 60.7 Å². The van der Waals surface area contributed by atoms with Gasteiger partial charge in [-0.2, -0.15) is 0 Å². The van der Waals surface area contributed by atoms with Gasteiger partial charge in [0.05, 0.1) is 18.0 Å². The second-order valence-corrected chi connectivity index (χ2v) is 8.20. The number of oxazole rings is 1. The zero-order valence-corrected chi connectivity index (χ0v) is 19.0. The molecule has 0 spiro atoms. The largest absolute Gasteiger partial charge is 0.456 e. The molecule has 0 aliphatic rings. The van der Waals surface area contributed by atoms with E-state index >= 15 is 0 Å². The predicted molar refractivity (Wildman–Crippen MR) is 129 cm³/mol. The maximum absolute atomic E-state index is 12.5. The first-order valence-corrected chi connectivity index (χ1v) is 11.2. The van der Waals surface area contributed by atoms with Crippen molar-refractivity contribution in [2.75, 3.05) is 6.61 Å². The molecule has 0 aliphatic heterocycles. The Bertz CT molecular complexity index is 1330. The summed E-state index contributed by atoms with van der Waals surface area (Å²) in [5.41, 5.74) is 2.91. The Morgan fingerprint density at radius 3 is 2.44 bits per heavy atom. The molecular formula is C26H23ClN2O5. The SMILES string of the molecule is O=C(COC(=O)CCn1c(=O)oc2cc(Cl)ccc21)NC(Cc1ccccc1)c1ccccc1. The van der Waals surface area contributed by atoms with E-state index < -0.39 is 24.2 Å². The van der Waals surface area contributed by atoms with E-state index in [9.17, 15) is 14.4 Å². The summed E-state index contributed by atoms with van der Waals surface area (Å²) in [6.45, 7) is -0.345. The summed E-state index contributed by atoms with van der Waals surface area (Å²) < 4.78 is 11.6. The fourth-order valence-electron chi connectivity index (χ4n) is 3.70. The van der Waals surface area contributed by atoms with Gasteiger partial charge in [-0.1, -0.05) is 72.3 Å².